The number of carbonyl (C=O) groups excluding carboxylic acids is 1. The number of hydrogen-bond donors (Lipinski definition) is 1. The minimum Gasteiger partial charge on any atom is -0.383 e. The highest BCUT2D eigenvalue weighted by atomic mass is 19.4. The minimum atomic E-state index is -4.53. The van der Waals surface area contributed by atoms with Gasteiger partial charge in [-0.15, -0.1) is 0 Å². The summed E-state index contributed by atoms with van der Waals surface area (Å²) in [5.74, 6) is -0.730. The third-order valence-electron chi connectivity index (χ3n) is 5.44. The summed E-state index contributed by atoms with van der Waals surface area (Å²) in [5, 5.41) is 0. The number of nitrogens with zero attached hydrogens (tertiary/aromatic N) is 3. The molecule has 1 atom stereocenters. The molecule has 0 saturated carbocycles. The van der Waals surface area contributed by atoms with Gasteiger partial charge in [0.1, 0.15) is 17.3 Å². The summed E-state index contributed by atoms with van der Waals surface area (Å²) in [6.07, 6.45) is -0.443. The Morgan fingerprint density at radius 1 is 1.16 bits per heavy atom. The molecule has 3 aromatic rings. The van der Waals surface area contributed by atoms with Crippen LogP contribution in [0.2, 0.25) is 0 Å². The summed E-state index contributed by atoms with van der Waals surface area (Å²) in [5.41, 5.74) is 6.40. The monoisotopic (exact) mass is 442 g/mol. The number of carbonyl (C=O) groups is 1. The minimum absolute atomic E-state index is 0.101. The Hall–Kier alpha value is -3.62. The van der Waals surface area contributed by atoms with E-state index in [0.717, 1.165) is 17.7 Å². The number of benzene rings is 1. The van der Waals surface area contributed by atoms with Gasteiger partial charge in [-0.25, -0.2) is 4.39 Å². The van der Waals surface area contributed by atoms with Crippen molar-refractivity contribution >= 4 is 11.6 Å². The van der Waals surface area contributed by atoms with Crippen molar-refractivity contribution in [2.24, 2.45) is 10.7 Å². The predicted molar refractivity (Wildman–Crippen MR) is 110 cm³/mol. The fourth-order valence-corrected chi connectivity index (χ4v) is 3.80. The maximum Gasteiger partial charge on any atom is 0.417 e. The molecular weight excluding hydrogens is 424 g/mol. The number of aliphatic imine (C=N–C) groups is 1. The molecule has 5 nitrogen and oxygen atoms in total. The zero-order chi connectivity index (χ0) is 23.1. The zero-order valence-electron chi connectivity index (χ0n) is 16.9. The van der Waals surface area contributed by atoms with E-state index in [1.165, 1.54) is 12.1 Å². The number of pyridine rings is 2. The molecule has 0 radical (unpaired) electrons. The first-order valence-corrected chi connectivity index (χ1v) is 9.71. The molecule has 0 amide bonds. The second-order valence-electron chi connectivity index (χ2n) is 7.82. The number of amidine groups is 1. The number of halogens is 4. The van der Waals surface area contributed by atoms with E-state index in [9.17, 15) is 22.4 Å². The van der Waals surface area contributed by atoms with Crippen molar-refractivity contribution in [1.82, 2.24) is 9.97 Å². The Labute approximate surface area is 181 Å². The molecule has 3 heterocycles. The summed E-state index contributed by atoms with van der Waals surface area (Å²) in [7, 11) is 0. The van der Waals surface area contributed by atoms with Gasteiger partial charge in [-0.05, 0) is 48.4 Å². The molecule has 1 aromatic carbocycles. The third-order valence-corrected chi connectivity index (χ3v) is 5.44. The first-order valence-electron chi connectivity index (χ1n) is 9.71. The quantitative estimate of drug-likeness (QED) is 0.484. The van der Waals surface area contributed by atoms with E-state index in [1.54, 1.807) is 31.5 Å². The van der Waals surface area contributed by atoms with Crippen LogP contribution in [0.15, 0.2) is 60.0 Å². The Bertz CT molecular complexity index is 1220. The Balaban J connectivity index is 1.61. The number of hydrogen-bond acceptors (Lipinski definition) is 5. The van der Waals surface area contributed by atoms with Crippen molar-refractivity contribution in [2.75, 3.05) is 0 Å². The molecule has 1 unspecified atom stereocenters. The third kappa shape index (κ3) is 4.10. The second-order valence-corrected chi connectivity index (χ2v) is 7.82. The maximum atomic E-state index is 14.8. The van der Waals surface area contributed by atoms with E-state index in [4.69, 9.17) is 5.73 Å². The van der Waals surface area contributed by atoms with E-state index in [2.05, 4.69) is 15.0 Å². The number of nitrogens with two attached hydrogens (primary N) is 1. The fraction of sp³-hybridized carbons (Fsp3) is 0.217. The van der Waals surface area contributed by atoms with E-state index >= 15 is 0 Å². The summed E-state index contributed by atoms with van der Waals surface area (Å²) in [6, 6.07) is 7.89. The van der Waals surface area contributed by atoms with E-state index in [0.29, 0.717) is 23.7 Å². The molecule has 32 heavy (non-hydrogen) atoms. The van der Waals surface area contributed by atoms with Crippen LogP contribution in [0.4, 0.5) is 17.6 Å². The van der Waals surface area contributed by atoms with Gasteiger partial charge in [0.05, 0.1) is 11.1 Å². The number of alkyl halides is 3. The molecule has 9 heteroatoms. The lowest BCUT2D eigenvalue weighted by Gasteiger charge is -2.32. The van der Waals surface area contributed by atoms with Crippen molar-refractivity contribution in [3.8, 4) is 0 Å². The molecule has 0 spiro atoms. The van der Waals surface area contributed by atoms with Crippen molar-refractivity contribution in [3.63, 3.8) is 0 Å². The van der Waals surface area contributed by atoms with Gasteiger partial charge in [0.15, 0.2) is 5.78 Å². The normalized spacial score (nSPS) is 18.1. The van der Waals surface area contributed by atoms with Crippen LogP contribution in [0.5, 0.6) is 0 Å². The van der Waals surface area contributed by atoms with Crippen LogP contribution in [-0.2, 0) is 24.6 Å². The number of Topliss-reactive ketones (excluding diaryl/α,β-unsaturated/α-hetero) is 1. The lowest BCUT2D eigenvalue weighted by atomic mass is 9.81. The lowest BCUT2D eigenvalue weighted by molar-refractivity contribution is -0.137. The van der Waals surface area contributed by atoms with E-state index < -0.39 is 28.9 Å². The molecular formula is C23H18F4N4O. The van der Waals surface area contributed by atoms with Crippen LogP contribution >= 0.6 is 0 Å². The predicted octanol–water partition coefficient (Wildman–Crippen LogP) is 4.24. The van der Waals surface area contributed by atoms with Crippen molar-refractivity contribution in [1.29, 1.82) is 0 Å². The first-order chi connectivity index (χ1) is 15.1. The van der Waals surface area contributed by atoms with E-state index in [1.807, 2.05) is 0 Å². The highest BCUT2D eigenvalue weighted by Crippen LogP contribution is 2.36. The summed E-state index contributed by atoms with van der Waals surface area (Å²) < 4.78 is 52.9. The number of rotatable bonds is 4. The van der Waals surface area contributed by atoms with Gasteiger partial charge >= 0.3 is 6.18 Å². The molecule has 2 aromatic heterocycles. The summed E-state index contributed by atoms with van der Waals surface area (Å²) >= 11 is 0. The summed E-state index contributed by atoms with van der Waals surface area (Å²) in [6.45, 7) is 1.75. The highest BCUT2D eigenvalue weighted by Gasteiger charge is 2.35. The highest BCUT2D eigenvalue weighted by molar-refractivity contribution is 6.00. The molecule has 0 saturated heterocycles. The molecule has 1 aliphatic rings. The van der Waals surface area contributed by atoms with Gasteiger partial charge in [-0.3, -0.25) is 19.8 Å². The van der Waals surface area contributed by atoms with Gasteiger partial charge < -0.3 is 5.73 Å². The van der Waals surface area contributed by atoms with Crippen LogP contribution in [0.25, 0.3) is 0 Å². The number of aromatic nitrogens is 2. The molecule has 0 bridgehead atoms. The average Bonchev–Trinajstić information content (AvgIpc) is 2.74. The second kappa shape index (κ2) is 7.81. The topological polar surface area (TPSA) is 81.2 Å². The van der Waals surface area contributed by atoms with Gasteiger partial charge in [-0.1, -0.05) is 6.07 Å². The van der Waals surface area contributed by atoms with Crippen LogP contribution in [-0.4, -0.2) is 21.6 Å². The van der Waals surface area contributed by atoms with Gasteiger partial charge in [0.2, 0.25) is 0 Å². The van der Waals surface area contributed by atoms with Crippen molar-refractivity contribution in [2.45, 2.75) is 31.5 Å². The molecule has 164 valence electrons. The molecule has 0 aliphatic carbocycles. The van der Waals surface area contributed by atoms with Crippen LogP contribution < -0.4 is 5.73 Å². The largest absolute Gasteiger partial charge is 0.417 e. The Morgan fingerprint density at radius 3 is 2.62 bits per heavy atom. The molecule has 0 fully saturated rings. The van der Waals surface area contributed by atoms with Crippen LogP contribution in [0, 0.1) is 5.82 Å². The van der Waals surface area contributed by atoms with Gasteiger partial charge in [0.25, 0.3) is 0 Å². The van der Waals surface area contributed by atoms with Crippen molar-refractivity contribution < 1.29 is 22.4 Å². The Morgan fingerprint density at radius 2 is 1.94 bits per heavy atom. The maximum absolute atomic E-state index is 14.8. The fourth-order valence-electron chi connectivity index (χ4n) is 3.80. The molecule has 2 N–H and O–H groups in total. The number of fused-ring (bicyclic) bond motifs is 1. The lowest BCUT2D eigenvalue weighted by Crippen LogP contribution is -2.34. The molecule has 4 rings (SSSR count). The zero-order valence-corrected chi connectivity index (χ0v) is 16.9. The standard InChI is InChI=1S/C23H18F4N4O/c1-22(10-14-6-7-29-12-16(14)21(28)31-22)17-8-13(2-4-18(17)24)9-20(32)19-5-3-15(11-30-19)23(25,26)27/h2-8,11-12H,9-10H2,1H3,(H2,28,31). The van der Waals surface area contributed by atoms with E-state index in [-0.39, 0.29) is 23.5 Å². The van der Waals surface area contributed by atoms with Gasteiger partial charge in [-0.2, -0.15) is 13.2 Å². The Kier molecular flexibility index (Phi) is 5.28. The summed E-state index contributed by atoms with van der Waals surface area (Å²) in [4.78, 5) is 24.7. The first kappa shape index (κ1) is 21.6. The molecule has 1 aliphatic heterocycles. The van der Waals surface area contributed by atoms with Crippen molar-refractivity contribution in [3.05, 3.63) is 94.3 Å². The van der Waals surface area contributed by atoms with Crippen LogP contribution in [0.3, 0.4) is 0 Å². The number of ketones is 1. The van der Waals surface area contributed by atoms with Crippen LogP contribution in [0.1, 0.15) is 45.2 Å². The average molecular weight is 442 g/mol. The van der Waals surface area contributed by atoms with Gasteiger partial charge in [0, 0.05) is 42.6 Å². The smallest absolute Gasteiger partial charge is 0.383 e. The SMILES string of the molecule is CC1(c2cc(CC(=O)c3ccc(C(F)(F)F)cn3)ccc2F)Cc2ccncc2C(N)=N1.